The number of aromatic amines is 1. The van der Waals surface area contributed by atoms with E-state index < -0.39 is 0 Å². The smallest absolute Gasteiger partial charge is 0.222 e. The van der Waals surface area contributed by atoms with Gasteiger partial charge in [0.1, 0.15) is 0 Å². The van der Waals surface area contributed by atoms with Crippen LogP contribution in [-0.2, 0) is 17.8 Å². The Kier molecular flexibility index (Phi) is 4.21. The van der Waals surface area contributed by atoms with Crippen molar-refractivity contribution >= 4 is 16.8 Å². The molecule has 3 heterocycles. The van der Waals surface area contributed by atoms with Crippen molar-refractivity contribution in [2.45, 2.75) is 63.6 Å². The van der Waals surface area contributed by atoms with Gasteiger partial charge in [-0.15, -0.1) is 0 Å². The SMILES string of the molecule is O=C(CCC1NNC2CCCCC21)N1CCc2[nH]c3ccccc3c2C1. The second-order valence-electron chi connectivity index (χ2n) is 8.18. The van der Waals surface area contributed by atoms with Crippen LogP contribution < -0.4 is 10.9 Å². The fourth-order valence-electron chi connectivity index (χ4n) is 5.24. The van der Waals surface area contributed by atoms with E-state index in [0.717, 1.165) is 25.9 Å². The van der Waals surface area contributed by atoms with Gasteiger partial charge in [0, 0.05) is 60.2 Å². The van der Waals surface area contributed by atoms with Crippen LogP contribution in [0.4, 0.5) is 0 Å². The van der Waals surface area contributed by atoms with Gasteiger partial charge in [-0.2, -0.15) is 0 Å². The maximum Gasteiger partial charge on any atom is 0.222 e. The number of H-pyrrole nitrogens is 1. The summed E-state index contributed by atoms with van der Waals surface area (Å²) in [5, 5.41) is 1.27. The lowest BCUT2D eigenvalue weighted by Crippen LogP contribution is -2.38. The molecule has 3 atom stereocenters. The van der Waals surface area contributed by atoms with E-state index in [2.05, 4.69) is 45.0 Å². The Bertz CT molecular complexity index is 813. The number of hydrazine groups is 1. The lowest BCUT2D eigenvalue weighted by atomic mass is 9.80. The van der Waals surface area contributed by atoms with Crippen molar-refractivity contribution in [1.82, 2.24) is 20.7 Å². The summed E-state index contributed by atoms with van der Waals surface area (Å²) in [6, 6.07) is 9.51. The minimum atomic E-state index is 0.307. The van der Waals surface area contributed by atoms with Crippen LogP contribution in [-0.4, -0.2) is 34.4 Å². The van der Waals surface area contributed by atoms with Crippen LogP contribution in [0, 0.1) is 5.92 Å². The zero-order valence-corrected chi connectivity index (χ0v) is 15.3. The molecule has 3 aliphatic rings. The van der Waals surface area contributed by atoms with Crippen LogP contribution in [0.25, 0.3) is 10.9 Å². The predicted molar refractivity (Wildman–Crippen MR) is 102 cm³/mol. The van der Waals surface area contributed by atoms with Crippen LogP contribution in [0.2, 0.25) is 0 Å². The van der Waals surface area contributed by atoms with Gasteiger partial charge in [-0.3, -0.25) is 15.6 Å². The molecule has 2 fully saturated rings. The molecule has 1 aromatic carbocycles. The van der Waals surface area contributed by atoms with Crippen LogP contribution in [0.15, 0.2) is 24.3 Å². The first-order valence-electron chi connectivity index (χ1n) is 10.2. The van der Waals surface area contributed by atoms with Gasteiger partial charge in [-0.25, -0.2) is 0 Å². The van der Waals surface area contributed by atoms with Crippen molar-refractivity contribution in [2.75, 3.05) is 6.54 Å². The van der Waals surface area contributed by atoms with Crippen LogP contribution >= 0.6 is 0 Å². The Morgan fingerprint density at radius 3 is 3.00 bits per heavy atom. The van der Waals surface area contributed by atoms with Crippen molar-refractivity contribution in [3.8, 4) is 0 Å². The van der Waals surface area contributed by atoms with E-state index in [1.807, 2.05) is 0 Å². The normalized spacial score (nSPS) is 28.2. The summed E-state index contributed by atoms with van der Waals surface area (Å²) in [6.45, 7) is 1.58. The number of hydrogen-bond acceptors (Lipinski definition) is 3. The number of hydrogen-bond donors (Lipinski definition) is 3. The topological polar surface area (TPSA) is 60.2 Å². The highest BCUT2D eigenvalue weighted by Gasteiger charge is 2.37. The second kappa shape index (κ2) is 6.71. The number of aromatic nitrogens is 1. The van der Waals surface area contributed by atoms with Gasteiger partial charge in [0.15, 0.2) is 0 Å². The highest BCUT2D eigenvalue weighted by molar-refractivity contribution is 5.86. The largest absolute Gasteiger partial charge is 0.358 e. The van der Waals surface area contributed by atoms with E-state index >= 15 is 0 Å². The fraction of sp³-hybridized carbons (Fsp3) is 0.571. The molecule has 2 aliphatic heterocycles. The third-order valence-electron chi connectivity index (χ3n) is 6.69. The molecule has 0 spiro atoms. The van der Waals surface area contributed by atoms with E-state index in [0.29, 0.717) is 30.3 Å². The zero-order chi connectivity index (χ0) is 17.5. The summed E-state index contributed by atoms with van der Waals surface area (Å²) in [5.41, 5.74) is 10.7. The molecule has 1 saturated carbocycles. The first kappa shape index (κ1) is 16.3. The van der Waals surface area contributed by atoms with E-state index in [1.54, 1.807) is 0 Å². The number of fused-ring (bicyclic) bond motifs is 4. The number of carbonyl (C=O) groups is 1. The molecule has 5 nitrogen and oxygen atoms in total. The number of rotatable bonds is 3. The average Bonchev–Trinajstić information content (AvgIpc) is 3.27. The highest BCUT2D eigenvalue weighted by Crippen LogP contribution is 2.32. The zero-order valence-electron chi connectivity index (χ0n) is 15.3. The van der Waals surface area contributed by atoms with Crippen molar-refractivity contribution in [2.24, 2.45) is 5.92 Å². The Labute approximate surface area is 154 Å². The maximum atomic E-state index is 12.9. The van der Waals surface area contributed by atoms with E-state index in [4.69, 9.17) is 0 Å². The molecule has 2 aromatic rings. The summed E-state index contributed by atoms with van der Waals surface area (Å²) >= 11 is 0. The monoisotopic (exact) mass is 352 g/mol. The molecule has 138 valence electrons. The molecule has 1 amide bonds. The summed E-state index contributed by atoms with van der Waals surface area (Å²) in [4.78, 5) is 18.4. The number of nitrogens with one attached hydrogen (secondary N) is 3. The van der Waals surface area contributed by atoms with Gasteiger partial charge in [0.25, 0.3) is 0 Å². The second-order valence-corrected chi connectivity index (χ2v) is 8.18. The van der Waals surface area contributed by atoms with Crippen LogP contribution in [0.3, 0.4) is 0 Å². The molecule has 0 bridgehead atoms. The molecular weight excluding hydrogens is 324 g/mol. The van der Waals surface area contributed by atoms with E-state index in [1.165, 1.54) is 47.8 Å². The molecule has 1 aliphatic carbocycles. The predicted octanol–water partition coefficient (Wildman–Crippen LogP) is 2.87. The highest BCUT2D eigenvalue weighted by atomic mass is 16.2. The van der Waals surface area contributed by atoms with Crippen molar-refractivity contribution in [3.63, 3.8) is 0 Å². The third kappa shape index (κ3) is 2.83. The number of para-hydroxylation sites is 1. The minimum absolute atomic E-state index is 0.307. The molecule has 3 N–H and O–H groups in total. The number of benzene rings is 1. The van der Waals surface area contributed by atoms with Gasteiger partial charge in [-0.1, -0.05) is 31.0 Å². The fourth-order valence-corrected chi connectivity index (χ4v) is 5.24. The summed E-state index contributed by atoms with van der Waals surface area (Å²) in [6.07, 6.45) is 7.78. The van der Waals surface area contributed by atoms with Gasteiger partial charge in [0.2, 0.25) is 5.91 Å². The molecule has 1 aromatic heterocycles. The molecule has 3 unspecified atom stereocenters. The molecule has 5 rings (SSSR count). The Morgan fingerprint density at radius 2 is 2.04 bits per heavy atom. The summed E-state index contributed by atoms with van der Waals surface area (Å²) < 4.78 is 0. The Morgan fingerprint density at radius 1 is 1.15 bits per heavy atom. The number of nitrogens with zero attached hydrogens (tertiary/aromatic N) is 1. The molecule has 0 radical (unpaired) electrons. The van der Waals surface area contributed by atoms with Crippen molar-refractivity contribution in [1.29, 1.82) is 0 Å². The van der Waals surface area contributed by atoms with E-state index in [9.17, 15) is 4.79 Å². The van der Waals surface area contributed by atoms with Gasteiger partial charge in [-0.05, 0) is 31.2 Å². The van der Waals surface area contributed by atoms with E-state index in [-0.39, 0.29) is 0 Å². The first-order valence-corrected chi connectivity index (χ1v) is 10.2. The number of carbonyl (C=O) groups excluding carboxylic acids is 1. The lowest BCUT2D eigenvalue weighted by molar-refractivity contribution is -0.132. The first-order chi connectivity index (χ1) is 12.8. The standard InChI is InChI=1S/C21H28N4O/c26-21(10-9-20-15-6-2-4-8-19(15)23-24-20)25-12-11-18-16(13-25)14-5-1-3-7-17(14)22-18/h1,3,5,7,15,19-20,22-24H,2,4,6,8-13H2. The summed E-state index contributed by atoms with van der Waals surface area (Å²) in [5.74, 6) is 1.01. The van der Waals surface area contributed by atoms with Gasteiger partial charge >= 0.3 is 0 Å². The quantitative estimate of drug-likeness (QED) is 0.796. The molecule has 1 saturated heterocycles. The molecular formula is C21H28N4O. The Hall–Kier alpha value is -1.85. The Balaban J connectivity index is 1.23. The lowest BCUT2D eigenvalue weighted by Gasteiger charge is -2.29. The summed E-state index contributed by atoms with van der Waals surface area (Å²) in [7, 11) is 0. The maximum absolute atomic E-state index is 12.9. The minimum Gasteiger partial charge on any atom is -0.358 e. The third-order valence-corrected chi connectivity index (χ3v) is 6.69. The van der Waals surface area contributed by atoms with Crippen LogP contribution in [0.5, 0.6) is 0 Å². The van der Waals surface area contributed by atoms with Gasteiger partial charge < -0.3 is 9.88 Å². The number of amides is 1. The molecule has 26 heavy (non-hydrogen) atoms. The van der Waals surface area contributed by atoms with Crippen molar-refractivity contribution < 1.29 is 4.79 Å². The van der Waals surface area contributed by atoms with Crippen LogP contribution in [0.1, 0.15) is 49.8 Å². The van der Waals surface area contributed by atoms with Gasteiger partial charge in [0.05, 0.1) is 0 Å². The molecule has 5 heteroatoms. The average molecular weight is 352 g/mol. The van der Waals surface area contributed by atoms with Crippen molar-refractivity contribution in [3.05, 3.63) is 35.5 Å².